The normalized spacial score (nSPS) is 26.6. The molecule has 0 aliphatic carbocycles. The number of hydrogen-bond acceptors (Lipinski definition) is 3. The Kier molecular flexibility index (Phi) is 3.77. The number of benzene rings is 1. The average molecular weight is 288 g/mol. The number of esters is 1. The van der Waals surface area contributed by atoms with Crippen molar-refractivity contribution < 1.29 is 27.4 Å². The van der Waals surface area contributed by atoms with Crippen LogP contribution >= 0.6 is 0 Å². The van der Waals surface area contributed by atoms with Crippen LogP contribution in [0.15, 0.2) is 24.3 Å². The number of alkyl halides is 3. The topological polar surface area (TPSA) is 35.5 Å². The van der Waals surface area contributed by atoms with Gasteiger partial charge < -0.3 is 9.47 Å². The molecule has 2 atom stereocenters. The van der Waals surface area contributed by atoms with E-state index < -0.39 is 23.3 Å². The lowest BCUT2D eigenvalue weighted by Crippen LogP contribution is -2.35. The maximum atomic E-state index is 12.5. The van der Waals surface area contributed by atoms with Gasteiger partial charge in [-0.1, -0.05) is 12.1 Å². The molecule has 2 rings (SSSR count). The third kappa shape index (κ3) is 2.80. The van der Waals surface area contributed by atoms with E-state index in [9.17, 15) is 18.0 Å². The highest BCUT2D eigenvalue weighted by Crippen LogP contribution is 2.40. The van der Waals surface area contributed by atoms with Crippen molar-refractivity contribution in [2.24, 2.45) is 0 Å². The highest BCUT2D eigenvalue weighted by molar-refractivity contribution is 5.79. The lowest BCUT2D eigenvalue weighted by atomic mass is 10.0. The first-order chi connectivity index (χ1) is 9.26. The summed E-state index contributed by atoms with van der Waals surface area (Å²) in [6.07, 6.45) is -3.70. The molecule has 1 heterocycles. The van der Waals surface area contributed by atoms with Crippen LogP contribution in [-0.4, -0.2) is 18.7 Å². The van der Waals surface area contributed by atoms with Gasteiger partial charge in [0.1, 0.15) is 0 Å². The van der Waals surface area contributed by atoms with Crippen molar-refractivity contribution in [3.8, 4) is 0 Å². The van der Waals surface area contributed by atoms with E-state index in [4.69, 9.17) is 4.74 Å². The van der Waals surface area contributed by atoms with Crippen LogP contribution in [0.4, 0.5) is 13.2 Å². The second-order valence-corrected chi connectivity index (χ2v) is 4.99. The Balaban J connectivity index is 2.13. The van der Waals surface area contributed by atoms with E-state index in [1.807, 2.05) is 0 Å². The molecule has 0 radical (unpaired) electrons. The zero-order chi connectivity index (χ0) is 15.0. The molecule has 110 valence electrons. The summed E-state index contributed by atoms with van der Waals surface area (Å²) >= 11 is 0. The number of methoxy groups -OCH3 is 1. The van der Waals surface area contributed by atoms with Crippen molar-refractivity contribution in [2.45, 2.75) is 37.6 Å². The van der Waals surface area contributed by atoms with Crippen molar-refractivity contribution in [1.82, 2.24) is 0 Å². The first-order valence-corrected chi connectivity index (χ1v) is 6.20. The molecule has 1 aromatic rings. The van der Waals surface area contributed by atoms with Gasteiger partial charge in [-0.25, -0.2) is 4.79 Å². The molecule has 1 aliphatic heterocycles. The molecule has 1 aromatic carbocycles. The molecule has 0 amide bonds. The Morgan fingerprint density at radius 3 is 2.45 bits per heavy atom. The van der Waals surface area contributed by atoms with E-state index in [-0.39, 0.29) is 6.10 Å². The fraction of sp³-hybridized carbons (Fsp3) is 0.500. The van der Waals surface area contributed by atoms with Crippen molar-refractivity contribution in [3.05, 3.63) is 35.4 Å². The predicted molar refractivity (Wildman–Crippen MR) is 64.9 cm³/mol. The average Bonchev–Trinajstić information content (AvgIpc) is 2.81. The van der Waals surface area contributed by atoms with Crippen molar-refractivity contribution in [2.75, 3.05) is 7.11 Å². The Morgan fingerprint density at radius 2 is 1.95 bits per heavy atom. The molecule has 1 saturated heterocycles. The number of hydrogen-bond donors (Lipinski definition) is 0. The zero-order valence-corrected chi connectivity index (χ0v) is 11.2. The second kappa shape index (κ2) is 5.09. The van der Waals surface area contributed by atoms with Gasteiger partial charge >= 0.3 is 12.1 Å². The molecule has 3 nitrogen and oxygen atoms in total. The number of carbonyl (C=O) groups is 1. The Bertz CT molecular complexity index is 495. The Hall–Kier alpha value is -1.56. The highest BCUT2D eigenvalue weighted by atomic mass is 19.4. The summed E-state index contributed by atoms with van der Waals surface area (Å²) in [5.41, 5.74) is -1.09. The van der Waals surface area contributed by atoms with E-state index in [1.165, 1.54) is 19.2 Å². The fourth-order valence-electron chi connectivity index (χ4n) is 2.33. The highest BCUT2D eigenvalue weighted by Gasteiger charge is 2.44. The molecule has 0 aromatic heterocycles. The smallest absolute Gasteiger partial charge is 0.416 e. The van der Waals surface area contributed by atoms with E-state index in [1.54, 1.807) is 6.92 Å². The lowest BCUT2D eigenvalue weighted by molar-refractivity contribution is -0.165. The largest absolute Gasteiger partial charge is 0.467 e. The summed E-state index contributed by atoms with van der Waals surface area (Å²) in [5, 5.41) is 0. The minimum absolute atomic E-state index is 0.388. The van der Waals surface area contributed by atoms with E-state index >= 15 is 0 Å². The van der Waals surface area contributed by atoms with Gasteiger partial charge in [0.05, 0.1) is 18.8 Å². The molecule has 1 aliphatic rings. The molecule has 0 bridgehead atoms. The molecule has 0 N–H and O–H groups in total. The third-order valence-corrected chi connectivity index (χ3v) is 3.51. The van der Waals surface area contributed by atoms with E-state index in [2.05, 4.69) is 4.74 Å². The molecule has 0 spiro atoms. The summed E-state index contributed by atoms with van der Waals surface area (Å²) in [6, 6.07) is 4.81. The first-order valence-electron chi connectivity index (χ1n) is 6.20. The van der Waals surface area contributed by atoms with Gasteiger partial charge in [0.2, 0.25) is 0 Å². The molecular weight excluding hydrogens is 273 g/mol. The SMILES string of the molecule is COC(=O)C1(C)CCC(c2ccc(C(F)(F)F)cc2)O1. The van der Waals surface area contributed by atoms with Crippen molar-refractivity contribution >= 4 is 5.97 Å². The van der Waals surface area contributed by atoms with Crippen LogP contribution < -0.4 is 0 Å². The predicted octanol–water partition coefficient (Wildman–Crippen LogP) is 3.49. The standard InChI is InChI=1S/C14H15F3O3/c1-13(12(18)19-2)8-7-11(20-13)9-3-5-10(6-4-9)14(15,16)17/h3-6,11H,7-8H2,1-2H3. The van der Waals surface area contributed by atoms with Crippen LogP contribution in [-0.2, 0) is 20.4 Å². The van der Waals surface area contributed by atoms with Gasteiger partial charge in [-0.3, -0.25) is 0 Å². The van der Waals surface area contributed by atoms with Crippen LogP contribution in [0, 0.1) is 0 Å². The monoisotopic (exact) mass is 288 g/mol. The van der Waals surface area contributed by atoms with Crippen LogP contribution in [0.5, 0.6) is 0 Å². The van der Waals surface area contributed by atoms with Gasteiger partial charge in [-0.15, -0.1) is 0 Å². The summed E-state index contributed by atoms with van der Waals surface area (Å²) < 4.78 is 47.8. The number of ether oxygens (including phenoxy) is 2. The molecule has 1 fully saturated rings. The maximum absolute atomic E-state index is 12.5. The summed E-state index contributed by atoms with van der Waals surface area (Å²) in [5.74, 6) is -0.466. The quantitative estimate of drug-likeness (QED) is 0.781. The summed E-state index contributed by atoms with van der Waals surface area (Å²) in [6.45, 7) is 1.63. The Labute approximate surface area is 114 Å². The van der Waals surface area contributed by atoms with Crippen LogP contribution in [0.1, 0.15) is 37.0 Å². The number of rotatable bonds is 2. The first kappa shape index (κ1) is 14.8. The molecule has 20 heavy (non-hydrogen) atoms. The van der Waals surface area contributed by atoms with Gasteiger partial charge in [-0.2, -0.15) is 13.2 Å². The van der Waals surface area contributed by atoms with Crippen LogP contribution in [0.2, 0.25) is 0 Å². The van der Waals surface area contributed by atoms with Crippen LogP contribution in [0.25, 0.3) is 0 Å². The zero-order valence-electron chi connectivity index (χ0n) is 11.2. The van der Waals surface area contributed by atoms with Gasteiger partial charge in [0, 0.05) is 0 Å². The van der Waals surface area contributed by atoms with E-state index in [0.717, 1.165) is 12.1 Å². The molecule has 6 heteroatoms. The minimum Gasteiger partial charge on any atom is -0.467 e. The van der Waals surface area contributed by atoms with Crippen LogP contribution in [0.3, 0.4) is 0 Å². The van der Waals surface area contributed by atoms with Gasteiger partial charge in [0.15, 0.2) is 5.60 Å². The minimum atomic E-state index is -4.35. The maximum Gasteiger partial charge on any atom is 0.416 e. The van der Waals surface area contributed by atoms with Crippen molar-refractivity contribution in [3.63, 3.8) is 0 Å². The van der Waals surface area contributed by atoms with Gasteiger partial charge in [-0.05, 0) is 37.5 Å². The third-order valence-electron chi connectivity index (χ3n) is 3.51. The molecule has 0 saturated carbocycles. The number of halogens is 3. The molecule has 2 unspecified atom stereocenters. The fourth-order valence-corrected chi connectivity index (χ4v) is 2.33. The van der Waals surface area contributed by atoms with Crippen molar-refractivity contribution in [1.29, 1.82) is 0 Å². The lowest BCUT2D eigenvalue weighted by Gasteiger charge is -2.22. The summed E-state index contributed by atoms with van der Waals surface area (Å²) in [4.78, 5) is 11.6. The molecular formula is C14H15F3O3. The second-order valence-electron chi connectivity index (χ2n) is 4.99. The number of carbonyl (C=O) groups excluding carboxylic acids is 1. The van der Waals surface area contributed by atoms with E-state index in [0.29, 0.717) is 18.4 Å². The Morgan fingerprint density at radius 1 is 1.35 bits per heavy atom. The summed E-state index contributed by atoms with van der Waals surface area (Å²) in [7, 11) is 1.28. The van der Waals surface area contributed by atoms with Gasteiger partial charge in [0.25, 0.3) is 0 Å².